The SMILES string of the molecule is Cc1ncsc1CN(C)c1ncc(CNC(C)C)cc1Cl. The summed E-state index contributed by atoms with van der Waals surface area (Å²) in [6.07, 6.45) is 1.88. The lowest BCUT2D eigenvalue weighted by Crippen LogP contribution is -2.22. The fourth-order valence-corrected chi connectivity index (χ4v) is 3.10. The number of hydrogen-bond acceptors (Lipinski definition) is 5. The van der Waals surface area contributed by atoms with Crippen molar-refractivity contribution in [1.82, 2.24) is 15.3 Å². The number of hydrogen-bond donors (Lipinski definition) is 1. The number of halogens is 1. The van der Waals surface area contributed by atoms with Gasteiger partial charge in [-0.25, -0.2) is 9.97 Å². The van der Waals surface area contributed by atoms with Gasteiger partial charge in [-0.3, -0.25) is 0 Å². The summed E-state index contributed by atoms with van der Waals surface area (Å²) in [6, 6.07) is 2.43. The van der Waals surface area contributed by atoms with Crippen molar-refractivity contribution < 1.29 is 0 Å². The van der Waals surface area contributed by atoms with Crippen LogP contribution in [-0.4, -0.2) is 23.1 Å². The Labute approximate surface area is 135 Å². The second-order valence-corrected chi connectivity index (χ2v) is 6.75. The topological polar surface area (TPSA) is 41.1 Å². The summed E-state index contributed by atoms with van der Waals surface area (Å²) in [4.78, 5) is 12.1. The van der Waals surface area contributed by atoms with Crippen LogP contribution in [0.1, 0.15) is 30.0 Å². The lowest BCUT2D eigenvalue weighted by Gasteiger charge is -2.19. The zero-order chi connectivity index (χ0) is 15.4. The first kappa shape index (κ1) is 16.2. The summed E-state index contributed by atoms with van der Waals surface area (Å²) in [6.45, 7) is 7.81. The van der Waals surface area contributed by atoms with Gasteiger partial charge in [0.15, 0.2) is 0 Å². The molecule has 2 aromatic heterocycles. The molecule has 0 aliphatic carbocycles. The van der Waals surface area contributed by atoms with Gasteiger partial charge in [-0.15, -0.1) is 11.3 Å². The van der Waals surface area contributed by atoms with Crippen LogP contribution in [0.2, 0.25) is 5.02 Å². The van der Waals surface area contributed by atoms with Crippen LogP contribution in [0.3, 0.4) is 0 Å². The van der Waals surface area contributed by atoms with E-state index in [0.717, 1.165) is 30.2 Å². The van der Waals surface area contributed by atoms with Crippen LogP contribution in [0.15, 0.2) is 17.8 Å². The summed E-state index contributed by atoms with van der Waals surface area (Å²) < 4.78 is 0. The lowest BCUT2D eigenvalue weighted by atomic mass is 10.2. The molecule has 0 amide bonds. The molecule has 0 atom stereocenters. The highest BCUT2D eigenvalue weighted by Crippen LogP contribution is 2.25. The third kappa shape index (κ3) is 4.40. The van der Waals surface area contributed by atoms with Crippen LogP contribution in [-0.2, 0) is 13.1 Å². The van der Waals surface area contributed by atoms with Crippen molar-refractivity contribution in [3.05, 3.63) is 38.9 Å². The smallest absolute Gasteiger partial charge is 0.147 e. The Morgan fingerprint density at radius 1 is 1.38 bits per heavy atom. The van der Waals surface area contributed by atoms with Crippen molar-refractivity contribution in [3.63, 3.8) is 0 Å². The number of aromatic nitrogens is 2. The van der Waals surface area contributed by atoms with E-state index in [1.165, 1.54) is 4.88 Å². The van der Waals surface area contributed by atoms with Gasteiger partial charge in [0.05, 0.1) is 22.8 Å². The highest BCUT2D eigenvalue weighted by atomic mass is 35.5. The van der Waals surface area contributed by atoms with E-state index in [1.807, 2.05) is 31.7 Å². The third-order valence-electron chi connectivity index (χ3n) is 3.18. The maximum absolute atomic E-state index is 6.38. The molecule has 2 rings (SSSR count). The van der Waals surface area contributed by atoms with E-state index in [2.05, 4.69) is 34.0 Å². The molecule has 0 fully saturated rings. The van der Waals surface area contributed by atoms with E-state index in [4.69, 9.17) is 11.6 Å². The van der Waals surface area contributed by atoms with E-state index < -0.39 is 0 Å². The van der Waals surface area contributed by atoms with Crippen molar-refractivity contribution in [3.8, 4) is 0 Å². The van der Waals surface area contributed by atoms with E-state index in [9.17, 15) is 0 Å². The monoisotopic (exact) mass is 324 g/mol. The maximum Gasteiger partial charge on any atom is 0.147 e. The molecule has 0 saturated heterocycles. The standard InChI is InChI=1S/C15H21ClN4S/c1-10(2)17-6-12-5-13(16)15(18-7-12)20(4)8-14-11(3)19-9-21-14/h5,7,9-10,17H,6,8H2,1-4H3. The molecule has 2 aromatic rings. The molecule has 0 aromatic carbocycles. The van der Waals surface area contributed by atoms with Crippen molar-refractivity contribution in [2.24, 2.45) is 0 Å². The van der Waals surface area contributed by atoms with E-state index >= 15 is 0 Å². The van der Waals surface area contributed by atoms with Gasteiger partial charge in [0.2, 0.25) is 0 Å². The van der Waals surface area contributed by atoms with Gasteiger partial charge in [0.25, 0.3) is 0 Å². The number of pyridine rings is 1. The fourth-order valence-electron chi connectivity index (χ4n) is 1.94. The molecule has 6 heteroatoms. The molecule has 0 bridgehead atoms. The zero-order valence-corrected chi connectivity index (χ0v) is 14.4. The Kier molecular flexibility index (Phi) is 5.56. The molecule has 0 radical (unpaired) electrons. The predicted octanol–water partition coefficient (Wildman–Crippen LogP) is 3.63. The van der Waals surface area contributed by atoms with E-state index in [0.29, 0.717) is 11.1 Å². The first-order valence-electron chi connectivity index (χ1n) is 6.95. The molecule has 114 valence electrons. The average molecular weight is 325 g/mol. The van der Waals surface area contributed by atoms with Gasteiger partial charge in [-0.2, -0.15) is 0 Å². The number of thiazole rings is 1. The molecule has 0 aliphatic heterocycles. The largest absolute Gasteiger partial charge is 0.353 e. The van der Waals surface area contributed by atoms with Gasteiger partial charge in [0.1, 0.15) is 5.82 Å². The van der Waals surface area contributed by atoms with Gasteiger partial charge in [0, 0.05) is 30.7 Å². The second kappa shape index (κ2) is 7.20. The minimum atomic E-state index is 0.445. The van der Waals surface area contributed by atoms with Crippen molar-refractivity contribution in [2.75, 3.05) is 11.9 Å². The lowest BCUT2D eigenvalue weighted by molar-refractivity contribution is 0.588. The van der Waals surface area contributed by atoms with Crippen LogP contribution < -0.4 is 10.2 Å². The number of rotatable bonds is 6. The number of anilines is 1. The van der Waals surface area contributed by atoms with Crippen molar-refractivity contribution in [2.45, 2.75) is 39.9 Å². The maximum atomic E-state index is 6.38. The normalized spacial score (nSPS) is 11.1. The van der Waals surface area contributed by atoms with Gasteiger partial charge >= 0.3 is 0 Å². The van der Waals surface area contributed by atoms with Gasteiger partial charge in [-0.1, -0.05) is 25.4 Å². The molecule has 0 saturated carbocycles. The van der Waals surface area contributed by atoms with E-state index in [-0.39, 0.29) is 0 Å². The Morgan fingerprint density at radius 3 is 2.71 bits per heavy atom. The fraction of sp³-hybridized carbons (Fsp3) is 0.467. The summed E-state index contributed by atoms with van der Waals surface area (Å²) >= 11 is 8.03. The molecule has 0 unspecified atom stereocenters. The minimum absolute atomic E-state index is 0.445. The van der Waals surface area contributed by atoms with Crippen LogP contribution in [0.5, 0.6) is 0 Å². The number of nitrogens with one attached hydrogen (secondary N) is 1. The molecule has 2 heterocycles. The Morgan fingerprint density at radius 2 is 2.14 bits per heavy atom. The highest BCUT2D eigenvalue weighted by molar-refractivity contribution is 7.09. The summed E-state index contributed by atoms with van der Waals surface area (Å²) in [5, 5.41) is 4.05. The predicted molar refractivity (Wildman–Crippen MR) is 90.2 cm³/mol. The summed E-state index contributed by atoms with van der Waals surface area (Å²) in [5.41, 5.74) is 4.04. The Bertz CT molecular complexity index is 597. The van der Waals surface area contributed by atoms with Crippen LogP contribution in [0.4, 0.5) is 5.82 Å². The molecular formula is C15H21ClN4S. The quantitative estimate of drug-likeness (QED) is 0.881. The third-order valence-corrected chi connectivity index (χ3v) is 4.38. The van der Waals surface area contributed by atoms with E-state index in [1.54, 1.807) is 11.3 Å². The number of aryl methyl sites for hydroxylation is 1. The van der Waals surface area contributed by atoms with Crippen LogP contribution >= 0.6 is 22.9 Å². The Balaban J connectivity index is 2.07. The highest BCUT2D eigenvalue weighted by Gasteiger charge is 2.12. The summed E-state index contributed by atoms with van der Waals surface area (Å²) in [7, 11) is 2.00. The average Bonchev–Trinajstić information content (AvgIpc) is 2.82. The summed E-state index contributed by atoms with van der Waals surface area (Å²) in [5.74, 6) is 0.803. The molecule has 0 aliphatic rings. The molecule has 0 spiro atoms. The van der Waals surface area contributed by atoms with Crippen LogP contribution in [0, 0.1) is 6.92 Å². The molecule has 4 nitrogen and oxygen atoms in total. The molecule has 21 heavy (non-hydrogen) atoms. The van der Waals surface area contributed by atoms with Gasteiger partial charge in [-0.05, 0) is 18.6 Å². The van der Waals surface area contributed by atoms with Crippen LogP contribution in [0.25, 0.3) is 0 Å². The van der Waals surface area contributed by atoms with Gasteiger partial charge < -0.3 is 10.2 Å². The number of nitrogens with zero attached hydrogens (tertiary/aromatic N) is 3. The zero-order valence-electron chi connectivity index (χ0n) is 12.9. The molecular weight excluding hydrogens is 304 g/mol. The minimum Gasteiger partial charge on any atom is -0.353 e. The van der Waals surface area contributed by atoms with Crippen molar-refractivity contribution >= 4 is 28.8 Å². The first-order chi connectivity index (χ1) is 9.97. The second-order valence-electron chi connectivity index (χ2n) is 5.40. The molecule has 1 N–H and O–H groups in total. The first-order valence-corrected chi connectivity index (χ1v) is 8.21. The Hall–Kier alpha value is -1.17. The van der Waals surface area contributed by atoms with Crippen molar-refractivity contribution in [1.29, 1.82) is 0 Å².